The first kappa shape index (κ1) is 15.0. The SMILES string of the molecule is c1ccc(-c2cnc(NCc3cccnc3)nc2-c2ccco2)nc1. The lowest BCUT2D eigenvalue weighted by Gasteiger charge is -2.09. The number of pyridine rings is 2. The minimum Gasteiger partial charge on any atom is -0.463 e. The summed E-state index contributed by atoms with van der Waals surface area (Å²) in [6.07, 6.45) is 8.69. The van der Waals surface area contributed by atoms with E-state index in [4.69, 9.17) is 4.42 Å². The van der Waals surface area contributed by atoms with Gasteiger partial charge in [-0.15, -0.1) is 0 Å². The molecule has 0 saturated carbocycles. The van der Waals surface area contributed by atoms with Crippen LogP contribution in [-0.4, -0.2) is 19.9 Å². The summed E-state index contributed by atoms with van der Waals surface area (Å²) in [5.74, 6) is 1.20. The topological polar surface area (TPSA) is 76.7 Å². The van der Waals surface area contributed by atoms with Crippen LogP contribution < -0.4 is 5.32 Å². The second-order valence-corrected chi connectivity index (χ2v) is 5.36. The predicted octanol–water partition coefficient (Wildman–Crippen LogP) is 3.81. The van der Waals surface area contributed by atoms with Gasteiger partial charge in [-0.05, 0) is 35.9 Å². The summed E-state index contributed by atoms with van der Waals surface area (Å²) in [6.45, 7) is 0.592. The summed E-state index contributed by atoms with van der Waals surface area (Å²) in [7, 11) is 0. The minimum absolute atomic E-state index is 0.523. The second kappa shape index (κ2) is 6.92. The molecule has 0 atom stereocenters. The molecule has 1 N–H and O–H groups in total. The molecule has 4 heterocycles. The van der Waals surface area contributed by atoms with Gasteiger partial charge in [-0.2, -0.15) is 0 Å². The minimum atomic E-state index is 0.523. The largest absolute Gasteiger partial charge is 0.463 e. The Labute approximate surface area is 144 Å². The highest BCUT2D eigenvalue weighted by Crippen LogP contribution is 2.29. The van der Waals surface area contributed by atoms with E-state index < -0.39 is 0 Å². The van der Waals surface area contributed by atoms with Crippen LogP contribution in [0.4, 0.5) is 5.95 Å². The molecule has 0 aliphatic carbocycles. The Kier molecular flexibility index (Phi) is 4.16. The number of furan rings is 1. The van der Waals surface area contributed by atoms with Gasteiger partial charge in [-0.3, -0.25) is 9.97 Å². The zero-order chi connectivity index (χ0) is 16.9. The molecule has 25 heavy (non-hydrogen) atoms. The van der Waals surface area contributed by atoms with E-state index in [1.807, 2.05) is 48.7 Å². The Bertz CT molecular complexity index is 940. The van der Waals surface area contributed by atoms with Crippen LogP contribution in [0.1, 0.15) is 5.56 Å². The highest BCUT2D eigenvalue weighted by molar-refractivity contribution is 5.76. The third-order valence-corrected chi connectivity index (χ3v) is 3.66. The number of nitrogens with one attached hydrogen (secondary N) is 1. The second-order valence-electron chi connectivity index (χ2n) is 5.36. The van der Waals surface area contributed by atoms with Gasteiger partial charge in [0, 0.05) is 36.9 Å². The fraction of sp³-hybridized carbons (Fsp3) is 0.0526. The molecule has 0 fully saturated rings. The summed E-state index contributed by atoms with van der Waals surface area (Å²) in [5.41, 5.74) is 3.38. The van der Waals surface area contributed by atoms with E-state index in [2.05, 4.69) is 25.3 Å². The molecule has 0 spiro atoms. The van der Waals surface area contributed by atoms with Crippen LogP contribution in [0.25, 0.3) is 22.7 Å². The molecule has 122 valence electrons. The molecule has 6 heteroatoms. The van der Waals surface area contributed by atoms with Gasteiger partial charge in [-0.1, -0.05) is 12.1 Å². The lowest BCUT2D eigenvalue weighted by Crippen LogP contribution is -2.05. The molecule has 0 radical (unpaired) electrons. The number of nitrogens with zero attached hydrogens (tertiary/aromatic N) is 4. The van der Waals surface area contributed by atoms with Crippen molar-refractivity contribution in [2.75, 3.05) is 5.32 Å². The van der Waals surface area contributed by atoms with Crippen LogP contribution in [0.15, 0.2) is 77.9 Å². The van der Waals surface area contributed by atoms with E-state index in [0.717, 1.165) is 16.8 Å². The first-order chi connectivity index (χ1) is 12.4. The van der Waals surface area contributed by atoms with Crippen LogP contribution in [0, 0.1) is 0 Å². The Morgan fingerprint density at radius 2 is 1.92 bits per heavy atom. The van der Waals surface area contributed by atoms with Crippen molar-refractivity contribution in [2.24, 2.45) is 0 Å². The summed E-state index contributed by atoms with van der Waals surface area (Å²) in [4.78, 5) is 17.5. The van der Waals surface area contributed by atoms with Gasteiger partial charge >= 0.3 is 0 Å². The van der Waals surface area contributed by atoms with Gasteiger partial charge in [0.15, 0.2) is 5.76 Å². The molecule has 0 unspecified atom stereocenters. The van der Waals surface area contributed by atoms with Crippen molar-refractivity contribution in [1.29, 1.82) is 0 Å². The molecule has 0 bridgehead atoms. The van der Waals surface area contributed by atoms with Crippen molar-refractivity contribution in [3.05, 3.63) is 79.1 Å². The van der Waals surface area contributed by atoms with Crippen molar-refractivity contribution < 1.29 is 4.42 Å². The van der Waals surface area contributed by atoms with Gasteiger partial charge in [0.2, 0.25) is 5.95 Å². The summed E-state index contributed by atoms with van der Waals surface area (Å²) in [6, 6.07) is 13.3. The normalized spacial score (nSPS) is 10.6. The lowest BCUT2D eigenvalue weighted by atomic mass is 10.1. The molecule has 0 aliphatic rings. The Balaban J connectivity index is 1.68. The van der Waals surface area contributed by atoms with Crippen molar-refractivity contribution in [1.82, 2.24) is 19.9 Å². The third-order valence-electron chi connectivity index (χ3n) is 3.66. The molecule has 0 saturated heterocycles. The highest BCUT2D eigenvalue weighted by Gasteiger charge is 2.14. The van der Waals surface area contributed by atoms with E-state index in [9.17, 15) is 0 Å². The van der Waals surface area contributed by atoms with Crippen LogP contribution in [-0.2, 0) is 6.54 Å². The smallest absolute Gasteiger partial charge is 0.223 e. The number of hydrogen-bond acceptors (Lipinski definition) is 6. The maximum Gasteiger partial charge on any atom is 0.223 e. The van der Waals surface area contributed by atoms with Gasteiger partial charge in [0.05, 0.1) is 12.0 Å². The zero-order valence-electron chi connectivity index (χ0n) is 13.3. The first-order valence-corrected chi connectivity index (χ1v) is 7.85. The van der Waals surface area contributed by atoms with Crippen molar-refractivity contribution in [3.63, 3.8) is 0 Å². The van der Waals surface area contributed by atoms with E-state index in [1.54, 1.807) is 24.9 Å². The van der Waals surface area contributed by atoms with Crippen LogP contribution in [0.5, 0.6) is 0 Å². The number of hydrogen-bond donors (Lipinski definition) is 1. The average Bonchev–Trinajstić information content (AvgIpc) is 3.22. The number of rotatable bonds is 5. The number of anilines is 1. The van der Waals surface area contributed by atoms with Crippen molar-refractivity contribution >= 4 is 5.95 Å². The standard InChI is InChI=1S/C19H15N5O/c1-2-9-21-16(6-1)15-13-23-19(22-12-14-5-3-8-20-11-14)24-18(15)17-7-4-10-25-17/h1-11,13H,12H2,(H,22,23,24). The molecule has 0 aromatic carbocycles. The Hall–Kier alpha value is -3.54. The molecule has 4 rings (SSSR count). The molecule has 0 aliphatic heterocycles. The van der Waals surface area contributed by atoms with Crippen molar-refractivity contribution in [3.8, 4) is 22.7 Å². The van der Waals surface area contributed by atoms with Crippen molar-refractivity contribution in [2.45, 2.75) is 6.54 Å². The molecule has 0 amide bonds. The Morgan fingerprint density at radius 3 is 2.68 bits per heavy atom. The fourth-order valence-electron chi connectivity index (χ4n) is 2.46. The Morgan fingerprint density at radius 1 is 0.920 bits per heavy atom. The zero-order valence-corrected chi connectivity index (χ0v) is 13.3. The van der Waals surface area contributed by atoms with Crippen LogP contribution >= 0.6 is 0 Å². The molecule has 4 aromatic rings. The van der Waals surface area contributed by atoms with Gasteiger partial charge in [-0.25, -0.2) is 9.97 Å². The highest BCUT2D eigenvalue weighted by atomic mass is 16.3. The average molecular weight is 329 g/mol. The predicted molar refractivity (Wildman–Crippen MR) is 94.5 cm³/mol. The molecule has 6 nitrogen and oxygen atoms in total. The summed E-state index contributed by atoms with van der Waals surface area (Å²) >= 11 is 0. The van der Waals surface area contributed by atoms with E-state index in [0.29, 0.717) is 23.9 Å². The van der Waals surface area contributed by atoms with Crippen LogP contribution in [0.3, 0.4) is 0 Å². The number of aromatic nitrogens is 4. The van der Waals surface area contributed by atoms with Gasteiger partial charge < -0.3 is 9.73 Å². The maximum atomic E-state index is 5.54. The van der Waals surface area contributed by atoms with E-state index >= 15 is 0 Å². The van der Waals surface area contributed by atoms with Crippen LogP contribution in [0.2, 0.25) is 0 Å². The van der Waals surface area contributed by atoms with E-state index in [-0.39, 0.29) is 0 Å². The summed E-state index contributed by atoms with van der Waals surface area (Å²) < 4.78 is 5.54. The fourth-order valence-corrected chi connectivity index (χ4v) is 2.46. The molecular weight excluding hydrogens is 314 g/mol. The van der Waals surface area contributed by atoms with Gasteiger partial charge in [0.25, 0.3) is 0 Å². The summed E-state index contributed by atoms with van der Waals surface area (Å²) in [5, 5.41) is 3.22. The molecular formula is C19H15N5O. The molecule has 4 aromatic heterocycles. The van der Waals surface area contributed by atoms with E-state index in [1.165, 1.54) is 0 Å². The quantitative estimate of drug-likeness (QED) is 0.600. The first-order valence-electron chi connectivity index (χ1n) is 7.85. The monoisotopic (exact) mass is 329 g/mol. The maximum absolute atomic E-state index is 5.54. The lowest BCUT2D eigenvalue weighted by molar-refractivity contribution is 0.580. The van der Waals surface area contributed by atoms with Gasteiger partial charge in [0.1, 0.15) is 5.69 Å². The third kappa shape index (κ3) is 3.37.